The van der Waals surface area contributed by atoms with E-state index in [1.165, 1.54) is 0 Å². The van der Waals surface area contributed by atoms with Crippen LogP contribution in [0.4, 0.5) is 0 Å². The van der Waals surface area contributed by atoms with Gasteiger partial charge in [-0.2, -0.15) is 0 Å². The quantitative estimate of drug-likeness (QED) is 0.702. The predicted molar refractivity (Wildman–Crippen MR) is 60.1 cm³/mol. The largest absolute Gasteiger partial charge is 0.339 e. The van der Waals surface area contributed by atoms with E-state index in [-0.39, 0.29) is 11.9 Å². The fraction of sp³-hybridized carbons (Fsp3) is 0.900. The number of alkyl halides is 1. The molecule has 0 rings (SSSR count). The van der Waals surface area contributed by atoms with Gasteiger partial charge in [0.2, 0.25) is 5.91 Å². The minimum Gasteiger partial charge on any atom is -0.339 e. The molecular formula is C10H20BrNO. The van der Waals surface area contributed by atoms with Crippen molar-refractivity contribution >= 4 is 21.8 Å². The van der Waals surface area contributed by atoms with Crippen LogP contribution in [-0.2, 0) is 4.79 Å². The van der Waals surface area contributed by atoms with Crippen LogP contribution in [0, 0.1) is 0 Å². The summed E-state index contributed by atoms with van der Waals surface area (Å²) in [6.07, 6.45) is 1.01. The van der Waals surface area contributed by atoms with Gasteiger partial charge in [0.05, 0.1) is 4.32 Å². The molecule has 0 unspecified atom stereocenters. The summed E-state index contributed by atoms with van der Waals surface area (Å²) in [5, 5.41) is 0. The Bertz CT molecular complexity index is 172. The maximum atomic E-state index is 11.9. The Morgan fingerprint density at radius 1 is 1.46 bits per heavy atom. The number of halogens is 1. The Morgan fingerprint density at radius 3 is 2.15 bits per heavy atom. The number of nitrogens with zero attached hydrogens (tertiary/aromatic N) is 1. The summed E-state index contributed by atoms with van der Waals surface area (Å²) < 4.78 is -0.438. The molecule has 13 heavy (non-hydrogen) atoms. The highest BCUT2D eigenvalue weighted by Crippen LogP contribution is 2.20. The van der Waals surface area contributed by atoms with Gasteiger partial charge < -0.3 is 4.90 Å². The van der Waals surface area contributed by atoms with Crippen molar-refractivity contribution < 1.29 is 4.79 Å². The highest BCUT2D eigenvalue weighted by atomic mass is 79.9. The van der Waals surface area contributed by atoms with Gasteiger partial charge in [-0.15, -0.1) is 0 Å². The number of hydrogen-bond acceptors (Lipinski definition) is 1. The van der Waals surface area contributed by atoms with Crippen LogP contribution < -0.4 is 0 Å². The Morgan fingerprint density at radius 2 is 1.92 bits per heavy atom. The number of hydrogen-bond donors (Lipinski definition) is 0. The molecule has 0 bridgehead atoms. The first-order chi connectivity index (χ1) is 5.80. The lowest BCUT2D eigenvalue weighted by Gasteiger charge is -2.31. The lowest BCUT2D eigenvalue weighted by Crippen LogP contribution is -2.45. The van der Waals surface area contributed by atoms with Crippen LogP contribution in [0.1, 0.15) is 41.0 Å². The van der Waals surface area contributed by atoms with E-state index >= 15 is 0 Å². The first-order valence-electron chi connectivity index (χ1n) is 4.80. The zero-order valence-corrected chi connectivity index (χ0v) is 10.8. The van der Waals surface area contributed by atoms with Crippen LogP contribution in [0.25, 0.3) is 0 Å². The SMILES string of the molecule is CCCN(C(=O)C(C)(C)Br)C(C)C. The predicted octanol–water partition coefficient (Wildman–Crippen LogP) is 2.81. The molecule has 0 heterocycles. The zero-order valence-electron chi connectivity index (χ0n) is 9.22. The highest BCUT2D eigenvalue weighted by Gasteiger charge is 2.29. The van der Waals surface area contributed by atoms with Gasteiger partial charge in [-0.05, 0) is 34.1 Å². The summed E-state index contributed by atoms with van der Waals surface area (Å²) in [4.78, 5) is 13.8. The van der Waals surface area contributed by atoms with Crippen molar-refractivity contribution in [2.75, 3.05) is 6.54 Å². The second-order valence-electron chi connectivity index (χ2n) is 4.06. The molecule has 78 valence electrons. The lowest BCUT2D eigenvalue weighted by molar-refractivity contribution is -0.134. The molecule has 0 radical (unpaired) electrons. The summed E-state index contributed by atoms with van der Waals surface area (Å²) >= 11 is 3.39. The molecule has 1 amide bonds. The van der Waals surface area contributed by atoms with Crippen molar-refractivity contribution in [2.24, 2.45) is 0 Å². The molecule has 0 fully saturated rings. The molecule has 0 aromatic carbocycles. The second kappa shape index (κ2) is 4.99. The van der Waals surface area contributed by atoms with E-state index in [9.17, 15) is 4.79 Å². The van der Waals surface area contributed by atoms with Gasteiger partial charge in [0.25, 0.3) is 0 Å². The van der Waals surface area contributed by atoms with Crippen LogP contribution in [-0.4, -0.2) is 27.7 Å². The molecule has 0 aromatic heterocycles. The van der Waals surface area contributed by atoms with Crippen LogP contribution in [0.2, 0.25) is 0 Å². The molecule has 0 aromatic rings. The smallest absolute Gasteiger partial charge is 0.239 e. The Labute approximate surface area is 89.8 Å². The minimum absolute atomic E-state index is 0.171. The summed E-state index contributed by atoms with van der Waals surface area (Å²) in [5.74, 6) is 0.171. The van der Waals surface area contributed by atoms with Crippen molar-refractivity contribution in [3.8, 4) is 0 Å². The van der Waals surface area contributed by atoms with Crippen LogP contribution in [0.15, 0.2) is 0 Å². The Kier molecular flexibility index (Phi) is 4.97. The molecule has 0 aliphatic carbocycles. The molecule has 3 heteroatoms. The minimum atomic E-state index is -0.438. The van der Waals surface area contributed by atoms with Crippen molar-refractivity contribution in [1.82, 2.24) is 4.90 Å². The van der Waals surface area contributed by atoms with E-state index < -0.39 is 4.32 Å². The molecule has 0 N–H and O–H groups in total. The summed E-state index contributed by atoms with van der Waals surface area (Å²) in [6, 6.07) is 0.282. The molecule has 2 nitrogen and oxygen atoms in total. The monoisotopic (exact) mass is 249 g/mol. The first-order valence-corrected chi connectivity index (χ1v) is 5.60. The van der Waals surface area contributed by atoms with E-state index in [2.05, 4.69) is 22.9 Å². The normalized spacial score (nSPS) is 11.9. The number of amides is 1. The molecule has 0 spiro atoms. The third-order valence-corrected chi connectivity index (χ3v) is 2.20. The van der Waals surface area contributed by atoms with Gasteiger partial charge in [-0.3, -0.25) is 4.79 Å². The van der Waals surface area contributed by atoms with E-state index in [0.29, 0.717) is 0 Å². The van der Waals surface area contributed by atoms with E-state index in [1.807, 2.05) is 32.6 Å². The maximum absolute atomic E-state index is 11.9. The van der Waals surface area contributed by atoms with Crippen molar-refractivity contribution in [2.45, 2.75) is 51.4 Å². The summed E-state index contributed by atoms with van der Waals surface area (Å²) in [5.41, 5.74) is 0. The average Bonchev–Trinajstić information content (AvgIpc) is 1.96. The standard InChI is InChI=1S/C10H20BrNO/c1-6-7-12(8(2)3)9(13)10(4,5)11/h8H,6-7H2,1-5H3. The number of carbonyl (C=O) groups is 1. The van der Waals surface area contributed by atoms with E-state index in [0.717, 1.165) is 13.0 Å². The fourth-order valence-corrected chi connectivity index (χ4v) is 1.40. The molecule has 0 saturated heterocycles. The van der Waals surface area contributed by atoms with Crippen LogP contribution >= 0.6 is 15.9 Å². The summed E-state index contributed by atoms with van der Waals surface area (Å²) in [7, 11) is 0. The lowest BCUT2D eigenvalue weighted by atomic mass is 10.1. The average molecular weight is 250 g/mol. The van der Waals surface area contributed by atoms with Crippen molar-refractivity contribution in [3.05, 3.63) is 0 Å². The van der Waals surface area contributed by atoms with Gasteiger partial charge in [0.1, 0.15) is 0 Å². The number of carbonyl (C=O) groups excluding carboxylic acids is 1. The molecule has 0 atom stereocenters. The topological polar surface area (TPSA) is 20.3 Å². The van der Waals surface area contributed by atoms with Gasteiger partial charge >= 0.3 is 0 Å². The molecule has 0 saturated carbocycles. The first kappa shape index (κ1) is 12.9. The fourth-order valence-electron chi connectivity index (χ4n) is 1.18. The van der Waals surface area contributed by atoms with E-state index in [1.54, 1.807) is 0 Å². The van der Waals surface area contributed by atoms with Crippen molar-refractivity contribution in [1.29, 1.82) is 0 Å². The van der Waals surface area contributed by atoms with Crippen LogP contribution in [0.5, 0.6) is 0 Å². The highest BCUT2D eigenvalue weighted by molar-refractivity contribution is 9.10. The summed E-state index contributed by atoms with van der Waals surface area (Å²) in [6.45, 7) is 10.8. The molecular weight excluding hydrogens is 230 g/mol. The third kappa shape index (κ3) is 4.12. The molecule has 0 aliphatic rings. The second-order valence-corrected chi connectivity index (χ2v) is 6.05. The van der Waals surface area contributed by atoms with E-state index in [4.69, 9.17) is 0 Å². The maximum Gasteiger partial charge on any atom is 0.239 e. The van der Waals surface area contributed by atoms with Crippen LogP contribution in [0.3, 0.4) is 0 Å². The van der Waals surface area contributed by atoms with Crippen molar-refractivity contribution in [3.63, 3.8) is 0 Å². The Hall–Kier alpha value is -0.0500. The van der Waals surface area contributed by atoms with Gasteiger partial charge in [-0.1, -0.05) is 22.9 Å². The Balaban J connectivity index is 4.47. The van der Waals surface area contributed by atoms with Gasteiger partial charge in [0, 0.05) is 12.6 Å². The number of rotatable bonds is 4. The third-order valence-electron chi connectivity index (χ3n) is 1.86. The molecule has 0 aliphatic heterocycles. The van der Waals surface area contributed by atoms with Gasteiger partial charge in [-0.25, -0.2) is 0 Å². The zero-order chi connectivity index (χ0) is 10.6. The van der Waals surface area contributed by atoms with Gasteiger partial charge in [0.15, 0.2) is 0 Å².